The van der Waals surface area contributed by atoms with E-state index in [-0.39, 0.29) is 0 Å². The van der Waals surface area contributed by atoms with Gasteiger partial charge >= 0.3 is 0 Å². The van der Waals surface area contributed by atoms with E-state index >= 15 is 0 Å². The van der Waals surface area contributed by atoms with Gasteiger partial charge in [0.1, 0.15) is 24.0 Å². The highest BCUT2D eigenvalue weighted by Gasteiger charge is 2.04. The minimum absolute atomic E-state index is 0.557. The molecule has 5 nitrogen and oxygen atoms in total. The first-order valence-electron chi connectivity index (χ1n) is 7.32. The van der Waals surface area contributed by atoms with Gasteiger partial charge in [-0.25, -0.2) is 9.97 Å². The topological polar surface area (TPSA) is 73.6 Å². The Balaban J connectivity index is 1.73. The minimum atomic E-state index is 0.557. The molecular formula is C18H14ClN5. The summed E-state index contributed by atoms with van der Waals surface area (Å²) in [4.78, 5) is 8.38. The highest BCUT2D eigenvalue weighted by Crippen LogP contribution is 2.21. The number of nitrogens with one attached hydrogen (secondary N) is 2. The number of para-hydroxylation sites is 1. The van der Waals surface area contributed by atoms with E-state index in [9.17, 15) is 0 Å². The number of nitriles is 1. The Kier molecular flexibility index (Phi) is 4.90. The van der Waals surface area contributed by atoms with Crippen LogP contribution in [-0.4, -0.2) is 9.97 Å². The van der Waals surface area contributed by atoms with Crippen molar-refractivity contribution in [2.24, 2.45) is 0 Å². The van der Waals surface area contributed by atoms with Crippen LogP contribution in [0.25, 0.3) is 0 Å². The lowest BCUT2D eigenvalue weighted by Crippen LogP contribution is -2.04. The fraction of sp³-hybridized carbons (Fsp3) is 0.0556. The number of halogens is 1. The van der Waals surface area contributed by atoms with E-state index in [2.05, 4.69) is 26.7 Å². The third kappa shape index (κ3) is 3.80. The first-order chi connectivity index (χ1) is 11.8. The van der Waals surface area contributed by atoms with Crippen molar-refractivity contribution in [2.75, 3.05) is 10.6 Å². The summed E-state index contributed by atoms with van der Waals surface area (Å²) in [6.07, 6.45) is 1.46. The number of benzene rings is 2. The molecule has 24 heavy (non-hydrogen) atoms. The fourth-order valence-electron chi connectivity index (χ4n) is 2.18. The lowest BCUT2D eigenvalue weighted by molar-refractivity contribution is 1.08. The number of rotatable bonds is 5. The summed E-state index contributed by atoms with van der Waals surface area (Å²) in [5, 5.41) is 16.2. The zero-order valence-electron chi connectivity index (χ0n) is 12.7. The van der Waals surface area contributed by atoms with E-state index in [4.69, 9.17) is 16.9 Å². The van der Waals surface area contributed by atoms with Crippen molar-refractivity contribution in [3.05, 3.63) is 77.1 Å². The second kappa shape index (κ2) is 7.44. The predicted molar refractivity (Wildman–Crippen MR) is 95.3 cm³/mol. The van der Waals surface area contributed by atoms with Crippen LogP contribution in [0.4, 0.5) is 17.3 Å². The van der Waals surface area contributed by atoms with Gasteiger partial charge < -0.3 is 10.6 Å². The van der Waals surface area contributed by atoms with Gasteiger partial charge in [0.25, 0.3) is 0 Å². The van der Waals surface area contributed by atoms with Crippen molar-refractivity contribution in [3.63, 3.8) is 0 Å². The SMILES string of the molecule is N#Cc1ccccc1Nc1cc(NCc2ccccc2Cl)ncn1. The van der Waals surface area contributed by atoms with E-state index < -0.39 is 0 Å². The van der Waals surface area contributed by atoms with Crippen LogP contribution < -0.4 is 10.6 Å². The highest BCUT2D eigenvalue weighted by molar-refractivity contribution is 6.31. The molecule has 6 heteroatoms. The molecule has 3 aromatic rings. The molecule has 0 bridgehead atoms. The molecule has 0 atom stereocenters. The van der Waals surface area contributed by atoms with Crippen molar-refractivity contribution in [1.29, 1.82) is 5.26 Å². The molecule has 0 spiro atoms. The summed E-state index contributed by atoms with van der Waals surface area (Å²) in [6.45, 7) is 0.560. The Bertz CT molecular complexity index is 888. The van der Waals surface area contributed by atoms with Gasteiger partial charge in [-0.3, -0.25) is 0 Å². The molecule has 0 amide bonds. The molecule has 2 aromatic carbocycles. The van der Waals surface area contributed by atoms with Crippen molar-refractivity contribution < 1.29 is 0 Å². The number of hydrogen-bond donors (Lipinski definition) is 2. The Morgan fingerprint density at radius 2 is 1.75 bits per heavy atom. The number of anilines is 3. The summed E-state index contributed by atoms with van der Waals surface area (Å²) in [7, 11) is 0. The summed E-state index contributed by atoms with van der Waals surface area (Å²) >= 11 is 6.15. The molecule has 0 aliphatic heterocycles. The zero-order chi connectivity index (χ0) is 16.8. The van der Waals surface area contributed by atoms with Crippen LogP contribution in [0.15, 0.2) is 60.9 Å². The summed E-state index contributed by atoms with van der Waals surface area (Å²) in [5.41, 5.74) is 2.25. The second-order valence-corrected chi connectivity index (χ2v) is 5.42. The summed E-state index contributed by atoms with van der Waals surface area (Å²) in [5.74, 6) is 1.27. The minimum Gasteiger partial charge on any atom is -0.366 e. The third-order valence-electron chi connectivity index (χ3n) is 3.40. The van der Waals surface area contributed by atoms with Gasteiger partial charge in [0.2, 0.25) is 0 Å². The molecule has 0 saturated heterocycles. The molecule has 0 aliphatic carbocycles. The molecule has 0 unspecified atom stereocenters. The van der Waals surface area contributed by atoms with E-state index in [1.54, 1.807) is 12.1 Å². The lowest BCUT2D eigenvalue weighted by Gasteiger charge is -2.10. The normalized spacial score (nSPS) is 10.0. The van der Waals surface area contributed by atoms with Crippen LogP contribution in [0.5, 0.6) is 0 Å². The van der Waals surface area contributed by atoms with Gasteiger partial charge in [-0.1, -0.05) is 41.9 Å². The van der Waals surface area contributed by atoms with Gasteiger partial charge in [-0.15, -0.1) is 0 Å². The molecule has 1 heterocycles. The Hall–Kier alpha value is -3.10. The quantitative estimate of drug-likeness (QED) is 0.724. The highest BCUT2D eigenvalue weighted by atomic mass is 35.5. The maximum Gasteiger partial charge on any atom is 0.135 e. The molecule has 0 fully saturated rings. The maximum absolute atomic E-state index is 9.14. The summed E-state index contributed by atoms with van der Waals surface area (Å²) < 4.78 is 0. The van der Waals surface area contributed by atoms with Gasteiger partial charge in [-0.2, -0.15) is 5.26 Å². The lowest BCUT2D eigenvalue weighted by atomic mass is 10.2. The van der Waals surface area contributed by atoms with Crippen molar-refractivity contribution >= 4 is 28.9 Å². The first-order valence-corrected chi connectivity index (χ1v) is 7.69. The van der Waals surface area contributed by atoms with E-state index in [1.807, 2.05) is 42.5 Å². The largest absolute Gasteiger partial charge is 0.366 e. The number of nitrogens with zero attached hydrogens (tertiary/aromatic N) is 3. The Morgan fingerprint density at radius 1 is 1.00 bits per heavy atom. The average molecular weight is 336 g/mol. The van der Waals surface area contributed by atoms with Crippen LogP contribution in [0, 0.1) is 11.3 Å². The predicted octanol–water partition coefficient (Wildman–Crippen LogP) is 4.36. The molecule has 118 valence electrons. The van der Waals surface area contributed by atoms with Crippen LogP contribution in [0.3, 0.4) is 0 Å². The van der Waals surface area contributed by atoms with Gasteiger partial charge in [0, 0.05) is 17.6 Å². The zero-order valence-corrected chi connectivity index (χ0v) is 13.5. The van der Waals surface area contributed by atoms with Gasteiger partial charge in [0.15, 0.2) is 0 Å². The van der Waals surface area contributed by atoms with E-state index in [1.165, 1.54) is 6.33 Å². The molecule has 0 aliphatic rings. The van der Waals surface area contributed by atoms with Crippen molar-refractivity contribution in [3.8, 4) is 6.07 Å². The molecule has 0 saturated carbocycles. The average Bonchev–Trinajstić information content (AvgIpc) is 2.62. The standard InChI is InChI=1S/C18H14ClN5/c19-15-7-3-1-6-14(15)11-21-17-9-18(23-12-22-17)24-16-8-4-2-5-13(16)10-20/h1-9,12H,11H2,(H2,21,22,23,24). The fourth-order valence-corrected chi connectivity index (χ4v) is 2.38. The van der Waals surface area contributed by atoms with E-state index in [0.29, 0.717) is 34.5 Å². The van der Waals surface area contributed by atoms with Crippen LogP contribution in [-0.2, 0) is 6.54 Å². The molecule has 0 radical (unpaired) electrons. The first kappa shape index (κ1) is 15.8. The van der Waals surface area contributed by atoms with Gasteiger partial charge in [0.05, 0.1) is 11.3 Å². The number of hydrogen-bond acceptors (Lipinski definition) is 5. The Morgan fingerprint density at radius 3 is 2.58 bits per heavy atom. The monoisotopic (exact) mass is 335 g/mol. The maximum atomic E-state index is 9.14. The summed E-state index contributed by atoms with van der Waals surface area (Å²) in [6, 6.07) is 18.8. The van der Waals surface area contributed by atoms with Crippen LogP contribution >= 0.6 is 11.6 Å². The molecule has 3 rings (SSSR count). The molecule has 1 aromatic heterocycles. The second-order valence-electron chi connectivity index (χ2n) is 5.02. The van der Waals surface area contributed by atoms with Crippen LogP contribution in [0.1, 0.15) is 11.1 Å². The molecule has 2 N–H and O–H groups in total. The van der Waals surface area contributed by atoms with Crippen molar-refractivity contribution in [2.45, 2.75) is 6.54 Å². The smallest absolute Gasteiger partial charge is 0.135 e. The van der Waals surface area contributed by atoms with Gasteiger partial charge in [-0.05, 0) is 23.8 Å². The third-order valence-corrected chi connectivity index (χ3v) is 3.76. The van der Waals surface area contributed by atoms with E-state index in [0.717, 1.165) is 5.56 Å². The Labute approximate surface area is 145 Å². The van der Waals surface area contributed by atoms with Crippen LogP contribution in [0.2, 0.25) is 5.02 Å². The molecular weight excluding hydrogens is 322 g/mol. The number of aromatic nitrogens is 2. The van der Waals surface area contributed by atoms with Crippen molar-refractivity contribution in [1.82, 2.24) is 9.97 Å².